The van der Waals surface area contributed by atoms with Gasteiger partial charge in [-0.2, -0.15) is 0 Å². The molecule has 0 radical (unpaired) electrons. The molecule has 0 fully saturated rings. The van der Waals surface area contributed by atoms with E-state index in [9.17, 15) is 4.79 Å². The van der Waals surface area contributed by atoms with Gasteiger partial charge in [-0.1, -0.05) is 41.9 Å². The van der Waals surface area contributed by atoms with E-state index in [-0.39, 0.29) is 11.3 Å². The van der Waals surface area contributed by atoms with Crippen LogP contribution in [-0.2, 0) is 0 Å². The highest BCUT2D eigenvalue weighted by Crippen LogP contribution is 2.28. The number of amides is 1. The van der Waals surface area contributed by atoms with E-state index in [1.165, 1.54) is 0 Å². The van der Waals surface area contributed by atoms with Crippen molar-refractivity contribution >= 4 is 37.8 Å². The smallest absolute Gasteiger partial charge is 0.252 e. The van der Waals surface area contributed by atoms with Crippen molar-refractivity contribution in [2.24, 2.45) is 5.41 Å². The quantitative estimate of drug-likeness (QED) is 0.701. The van der Waals surface area contributed by atoms with E-state index in [1.807, 2.05) is 25.1 Å². The van der Waals surface area contributed by atoms with Gasteiger partial charge in [0.05, 0.1) is 5.56 Å². The predicted molar refractivity (Wildman–Crippen MR) is 88.0 cm³/mol. The predicted octanol–water partition coefficient (Wildman–Crippen LogP) is 4.69. The zero-order valence-electron chi connectivity index (χ0n) is 11.7. The number of benzene rings is 1. The fourth-order valence-electron chi connectivity index (χ4n) is 1.92. The van der Waals surface area contributed by atoms with Crippen LogP contribution in [-0.4, -0.2) is 17.8 Å². The number of carbonyl (C=O) groups is 1. The summed E-state index contributed by atoms with van der Waals surface area (Å²) in [7, 11) is 0. The Kier molecular flexibility index (Phi) is 6.54. The first-order valence-corrected chi connectivity index (χ1v) is 8.50. The van der Waals surface area contributed by atoms with Gasteiger partial charge >= 0.3 is 0 Å². The molecule has 0 aliphatic heterocycles. The number of halogens is 2. The van der Waals surface area contributed by atoms with E-state index in [0.717, 1.165) is 28.2 Å². The van der Waals surface area contributed by atoms with Crippen LogP contribution in [0.1, 0.15) is 42.6 Å². The molecule has 0 unspecified atom stereocenters. The summed E-state index contributed by atoms with van der Waals surface area (Å²) in [5, 5.41) is 3.97. The van der Waals surface area contributed by atoms with Crippen molar-refractivity contribution in [1.82, 2.24) is 5.32 Å². The number of nitrogens with one attached hydrogen (secondary N) is 1. The lowest BCUT2D eigenvalue weighted by molar-refractivity contribution is 0.0931. The Morgan fingerprint density at radius 3 is 2.47 bits per heavy atom. The Morgan fingerprint density at radius 2 is 1.95 bits per heavy atom. The molecule has 0 bridgehead atoms. The van der Waals surface area contributed by atoms with Gasteiger partial charge in [-0.3, -0.25) is 4.79 Å². The van der Waals surface area contributed by atoms with Crippen molar-refractivity contribution in [2.75, 3.05) is 11.9 Å². The highest BCUT2D eigenvalue weighted by atomic mass is 79.9. The minimum absolute atomic E-state index is 0.0113. The van der Waals surface area contributed by atoms with E-state index in [4.69, 9.17) is 0 Å². The third kappa shape index (κ3) is 4.06. The molecule has 0 saturated carbocycles. The second kappa shape index (κ2) is 7.44. The highest BCUT2D eigenvalue weighted by Gasteiger charge is 2.25. The zero-order chi connectivity index (χ0) is 14.5. The van der Waals surface area contributed by atoms with Crippen molar-refractivity contribution < 1.29 is 4.79 Å². The molecule has 1 rings (SSSR count). The van der Waals surface area contributed by atoms with Crippen LogP contribution in [0.15, 0.2) is 22.7 Å². The van der Waals surface area contributed by atoms with Crippen LogP contribution in [0, 0.1) is 12.3 Å². The van der Waals surface area contributed by atoms with Crippen LogP contribution in [0.5, 0.6) is 0 Å². The lowest BCUT2D eigenvalue weighted by Gasteiger charge is -2.29. The van der Waals surface area contributed by atoms with Crippen LogP contribution in [0.2, 0.25) is 0 Å². The minimum atomic E-state index is -0.0113. The van der Waals surface area contributed by atoms with Gasteiger partial charge < -0.3 is 5.32 Å². The number of aryl methyl sites for hydroxylation is 1. The second-order valence-corrected chi connectivity index (χ2v) is 6.31. The Morgan fingerprint density at radius 1 is 1.32 bits per heavy atom. The summed E-state index contributed by atoms with van der Waals surface area (Å²) >= 11 is 7.05. The maximum Gasteiger partial charge on any atom is 0.252 e. The van der Waals surface area contributed by atoms with E-state index in [0.29, 0.717) is 12.1 Å². The molecule has 1 aromatic carbocycles. The number of alkyl halides is 1. The first-order valence-electron chi connectivity index (χ1n) is 6.59. The standard InChI is InChI=1S/C15H21Br2NO/c1-4-15(5-2,9-16)10-18-14(19)12-8-6-7-11(3)13(12)17/h6-8H,4-5,9-10H2,1-3H3,(H,18,19). The third-order valence-corrected chi connectivity index (χ3v) is 6.09. The molecule has 2 nitrogen and oxygen atoms in total. The number of hydrogen-bond donors (Lipinski definition) is 1. The van der Waals surface area contributed by atoms with E-state index < -0.39 is 0 Å². The van der Waals surface area contributed by atoms with Gasteiger partial charge in [0.25, 0.3) is 5.91 Å². The molecule has 0 aliphatic carbocycles. The summed E-state index contributed by atoms with van der Waals surface area (Å²) in [6, 6.07) is 5.74. The van der Waals surface area contributed by atoms with Crippen LogP contribution in [0.4, 0.5) is 0 Å². The Hall–Kier alpha value is -0.350. The SMILES string of the molecule is CCC(CC)(CBr)CNC(=O)c1cccc(C)c1Br. The second-order valence-electron chi connectivity index (χ2n) is 4.96. The molecular weight excluding hydrogens is 370 g/mol. The van der Waals surface area contributed by atoms with Gasteiger partial charge in [-0.15, -0.1) is 0 Å². The molecule has 106 valence electrons. The fourth-order valence-corrected chi connectivity index (χ4v) is 3.36. The number of carbonyl (C=O) groups excluding carboxylic acids is 1. The Balaban J connectivity index is 2.78. The number of hydrogen-bond acceptors (Lipinski definition) is 1. The van der Waals surface area contributed by atoms with Crippen LogP contribution < -0.4 is 5.32 Å². The van der Waals surface area contributed by atoms with Gasteiger partial charge in [0, 0.05) is 16.3 Å². The van der Waals surface area contributed by atoms with E-state index in [2.05, 4.69) is 51.0 Å². The summed E-state index contributed by atoms with van der Waals surface area (Å²) in [5.41, 5.74) is 1.92. The first-order chi connectivity index (χ1) is 8.99. The molecule has 0 aliphatic rings. The lowest BCUT2D eigenvalue weighted by atomic mass is 9.84. The van der Waals surface area contributed by atoms with Crippen LogP contribution in [0.25, 0.3) is 0 Å². The zero-order valence-corrected chi connectivity index (χ0v) is 14.9. The van der Waals surface area contributed by atoms with Crippen molar-refractivity contribution in [3.8, 4) is 0 Å². The fraction of sp³-hybridized carbons (Fsp3) is 0.533. The molecule has 1 N–H and O–H groups in total. The van der Waals surface area contributed by atoms with Gasteiger partial charge in [-0.25, -0.2) is 0 Å². The van der Waals surface area contributed by atoms with E-state index >= 15 is 0 Å². The molecule has 19 heavy (non-hydrogen) atoms. The van der Waals surface area contributed by atoms with Gasteiger partial charge in [-0.05, 0) is 52.7 Å². The summed E-state index contributed by atoms with van der Waals surface area (Å²) < 4.78 is 0.880. The molecule has 0 heterocycles. The summed E-state index contributed by atoms with van der Waals surface area (Å²) in [6.07, 6.45) is 2.09. The van der Waals surface area contributed by atoms with Gasteiger partial charge in [0.2, 0.25) is 0 Å². The normalized spacial score (nSPS) is 11.4. The minimum Gasteiger partial charge on any atom is -0.351 e. The Bertz CT molecular complexity index is 434. The van der Waals surface area contributed by atoms with Crippen molar-refractivity contribution in [2.45, 2.75) is 33.6 Å². The highest BCUT2D eigenvalue weighted by molar-refractivity contribution is 9.10. The van der Waals surface area contributed by atoms with Gasteiger partial charge in [0.1, 0.15) is 0 Å². The van der Waals surface area contributed by atoms with Crippen molar-refractivity contribution in [1.29, 1.82) is 0 Å². The number of rotatable bonds is 6. The molecule has 4 heteroatoms. The van der Waals surface area contributed by atoms with E-state index in [1.54, 1.807) is 0 Å². The van der Waals surface area contributed by atoms with Crippen molar-refractivity contribution in [3.05, 3.63) is 33.8 Å². The molecule has 0 aromatic heterocycles. The molecule has 1 amide bonds. The topological polar surface area (TPSA) is 29.1 Å². The van der Waals surface area contributed by atoms with Crippen LogP contribution >= 0.6 is 31.9 Å². The maximum atomic E-state index is 12.3. The summed E-state index contributed by atoms with van der Waals surface area (Å²) in [6.45, 7) is 7.02. The summed E-state index contributed by atoms with van der Waals surface area (Å²) in [5.74, 6) is -0.0113. The third-order valence-electron chi connectivity index (χ3n) is 3.84. The van der Waals surface area contributed by atoms with Crippen LogP contribution in [0.3, 0.4) is 0 Å². The summed E-state index contributed by atoms with van der Waals surface area (Å²) in [4.78, 5) is 12.3. The molecule has 1 aromatic rings. The average molecular weight is 391 g/mol. The van der Waals surface area contributed by atoms with Gasteiger partial charge in [0.15, 0.2) is 0 Å². The lowest BCUT2D eigenvalue weighted by Crippen LogP contribution is -2.38. The average Bonchev–Trinajstić information content (AvgIpc) is 2.44. The largest absolute Gasteiger partial charge is 0.351 e. The molecule has 0 spiro atoms. The monoisotopic (exact) mass is 389 g/mol. The molecule has 0 saturated heterocycles. The molecule has 0 atom stereocenters. The first kappa shape index (κ1) is 16.7. The maximum absolute atomic E-state index is 12.3. The molecular formula is C15H21Br2NO. The van der Waals surface area contributed by atoms with Crippen molar-refractivity contribution in [3.63, 3.8) is 0 Å². The Labute approximate surface area is 132 Å².